The van der Waals surface area contributed by atoms with Gasteiger partial charge in [-0.15, -0.1) is 0 Å². The van der Waals surface area contributed by atoms with Crippen LogP contribution < -0.4 is 10.4 Å². The van der Waals surface area contributed by atoms with E-state index >= 15 is 0 Å². The summed E-state index contributed by atoms with van der Waals surface area (Å²) in [7, 11) is 0. The molecule has 0 aliphatic carbocycles. The molecular weight excluding hydrogens is 348 g/mol. The molecule has 0 spiro atoms. The first-order valence-electron chi connectivity index (χ1n) is 7.04. The van der Waals surface area contributed by atoms with Crippen molar-refractivity contribution >= 4 is 28.3 Å². The average Bonchev–Trinajstić information content (AvgIpc) is 2.60. The minimum atomic E-state index is -1.23. The highest BCUT2D eigenvalue weighted by molar-refractivity contribution is 5.94. The Morgan fingerprint density at radius 2 is 1.73 bits per heavy atom. The Balaban J connectivity index is 2.04. The highest BCUT2D eigenvalue weighted by atomic mass is 16.6. The number of hydrogen-bond acceptors (Lipinski definition) is 8. The third-order valence-corrected chi connectivity index (χ3v) is 3.41. The number of nitro benzene ring substituents is 2. The lowest BCUT2D eigenvalue weighted by Gasteiger charge is -2.05. The molecule has 2 aromatic carbocycles. The summed E-state index contributed by atoms with van der Waals surface area (Å²) in [6, 6.07) is 10.1. The molecule has 0 fully saturated rings. The number of fused-ring (bicyclic) bond motifs is 1. The van der Waals surface area contributed by atoms with E-state index in [0.29, 0.717) is 5.39 Å². The van der Waals surface area contributed by atoms with E-state index in [1.54, 1.807) is 18.2 Å². The Labute approximate surface area is 143 Å². The fraction of sp³-hybridized carbons (Fsp3) is 0. The smallest absolute Gasteiger partial charge is 0.351 e. The van der Waals surface area contributed by atoms with Crippen molar-refractivity contribution in [2.24, 2.45) is 0 Å². The van der Waals surface area contributed by atoms with Crippen LogP contribution in [0.2, 0.25) is 0 Å². The van der Waals surface area contributed by atoms with Crippen LogP contribution in [-0.2, 0) is 0 Å². The minimum absolute atomic E-state index is 0.246. The van der Waals surface area contributed by atoms with Crippen LogP contribution in [0.25, 0.3) is 11.0 Å². The summed E-state index contributed by atoms with van der Waals surface area (Å²) in [6.07, 6.45) is 0. The van der Waals surface area contributed by atoms with E-state index in [1.165, 1.54) is 12.1 Å². The third kappa shape index (κ3) is 3.11. The molecule has 0 atom stereocenters. The minimum Gasteiger partial charge on any atom is -0.422 e. The first kappa shape index (κ1) is 16.8. The average molecular weight is 356 g/mol. The maximum Gasteiger partial charge on any atom is 0.351 e. The molecule has 10 heteroatoms. The zero-order chi connectivity index (χ0) is 18.8. The number of benzene rings is 2. The molecule has 0 unspecified atom stereocenters. The maximum atomic E-state index is 12.3. The lowest BCUT2D eigenvalue weighted by Crippen LogP contribution is -2.19. The van der Waals surface area contributed by atoms with E-state index in [-0.39, 0.29) is 5.58 Å². The molecule has 130 valence electrons. The van der Waals surface area contributed by atoms with Crippen LogP contribution in [0.4, 0.5) is 11.4 Å². The fourth-order valence-electron chi connectivity index (χ4n) is 2.21. The van der Waals surface area contributed by atoms with Gasteiger partial charge in [0.25, 0.3) is 5.69 Å². The molecule has 10 nitrogen and oxygen atoms in total. The van der Waals surface area contributed by atoms with Gasteiger partial charge >= 0.3 is 17.3 Å². The van der Waals surface area contributed by atoms with Crippen molar-refractivity contribution in [3.63, 3.8) is 0 Å². The quantitative estimate of drug-likeness (QED) is 0.228. The molecule has 26 heavy (non-hydrogen) atoms. The molecule has 1 aromatic heterocycles. The van der Waals surface area contributed by atoms with Crippen LogP contribution in [0, 0.1) is 20.2 Å². The Morgan fingerprint density at radius 1 is 1.00 bits per heavy atom. The largest absolute Gasteiger partial charge is 0.422 e. The lowest BCUT2D eigenvalue weighted by atomic mass is 10.2. The molecule has 0 radical (unpaired) electrons. The number of para-hydroxylation sites is 1. The molecular formula is C16H8N2O8. The number of rotatable bonds is 4. The predicted octanol–water partition coefficient (Wildman–Crippen LogP) is 2.83. The van der Waals surface area contributed by atoms with Gasteiger partial charge in [0.15, 0.2) is 0 Å². The van der Waals surface area contributed by atoms with Gasteiger partial charge in [0.1, 0.15) is 11.1 Å². The summed E-state index contributed by atoms with van der Waals surface area (Å²) < 4.78 is 9.86. The molecule has 0 aliphatic rings. The first-order chi connectivity index (χ1) is 12.4. The van der Waals surface area contributed by atoms with Gasteiger partial charge in [-0.1, -0.05) is 18.2 Å². The van der Waals surface area contributed by atoms with Crippen LogP contribution in [-0.4, -0.2) is 15.8 Å². The second kappa shape index (κ2) is 6.43. The number of ether oxygens (including phenoxy) is 1. The highest BCUT2D eigenvalue weighted by Crippen LogP contribution is 2.31. The highest BCUT2D eigenvalue weighted by Gasteiger charge is 2.24. The summed E-state index contributed by atoms with van der Waals surface area (Å²) in [4.78, 5) is 44.4. The van der Waals surface area contributed by atoms with Crippen molar-refractivity contribution < 1.29 is 23.8 Å². The van der Waals surface area contributed by atoms with Crippen molar-refractivity contribution in [1.29, 1.82) is 0 Å². The molecule has 0 saturated carbocycles. The van der Waals surface area contributed by atoms with Crippen LogP contribution in [0.15, 0.2) is 57.7 Å². The molecule has 1 heterocycles. The van der Waals surface area contributed by atoms with Crippen molar-refractivity contribution in [1.82, 2.24) is 0 Å². The molecule has 0 aliphatic heterocycles. The molecule has 0 amide bonds. The van der Waals surface area contributed by atoms with Crippen molar-refractivity contribution in [3.05, 3.63) is 84.7 Å². The summed E-state index contributed by atoms with van der Waals surface area (Å²) in [5.41, 5.74) is -2.42. The topological polar surface area (TPSA) is 143 Å². The van der Waals surface area contributed by atoms with Crippen molar-refractivity contribution in [2.75, 3.05) is 0 Å². The number of non-ortho nitro benzene ring substituents is 1. The SMILES string of the molecule is O=C(Oc1cc([N+](=O)[O-])ccc1[N+](=O)[O-])c1cc2ccccc2oc1=O. The number of carbonyl (C=O) groups is 1. The third-order valence-electron chi connectivity index (χ3n) is 3.41. The lowest BCUT2D eigenvalue weighted by molar-refractivity contribution is -0.389. The molecule has 3 aromatic rings. The van der Waals surface area contributed by atoms with Gasteiger partial charge in [0.2, 0.25) is 5.75 Å². The number of nitro groups is 2. The van der Waals surface area contributed by atoms with Crippen molar-refractivity contribution in [3.8, 4) is 5.75 Å². The van der Waals surface area contributed by atoms with E-state index in [0.717, 1.165) is 18.2 Å². The van der Waals surface area contributed by atoms with Crippen molar-refractivity contribution in [2.45, 2.75) is 0 Å². The van der Waals surface area contributed by atoms with E-state index in [1.807, 2.05) is 0 Å². The van der Waals surface area contributed by atoms with Crippen LogP contribution in [0.1, 0.15) is 10.4 Å². The van der Waals surface area contributed by atoms with Gasteiger partial charge in [-0.05, 0) is 12.1 Å². The van der Waals surface area contributed by atoms with Crippen LogP contribution in [0.5, 0.6) is 5.75 Å². The Hall–Kier alpha value is -4.08. The molecule has 3 rings (SSSR count). The van der Waals surface area contributed by atoms with E-state index in [2.05, 4.69) is 0 Å². The zero-order valence-electron chi connectivity index (χ0n) is 12.8. The van der Waals surface area contributed by atoms with E-state index < -0.39 is 44.1 Å². The van der Waals surface area contributed by atoms with E-state index in [4.69, 9.17) is 9.15 Å². The molecule has 0 bridgehead atoms. The maximum absolute atomic E-state index is 12.3. The number of esters is 1. The Bertz CT molecular complexity index is 1120. The molecule has 0 saturated heterocycles. The van der Waals surface area contributed by atoms with E-state index in [9.17, 15) is 29.8 Å². The van der Waals surface area contributed by atoms with Crippen LogP contribution >= 0.6 is 0 Å². The second-order valence-electron chi connectivity index (χ2n) is 5.04. The number of hydrogen-bond donors (Lipinski definition) is 0. The van der Waals surface area contributed by atoms with Crippen LogP contribution in [0.3, 0.4) is 0 Å². The fourth-order valence-corrected chi connectivity index (χ4v) is 2.21. The monoisotopic (exact) mass is 356 g/mol. The normalized spacial score (nSPS) is 10.5. The van der Waals surface area contributed by atoms with Gasteiger partial charge in [-0.2, -0.15) is 0 Å². The summed E-state index contributed by atoms with van der Waals surface area (Å²) >= 11 is 0. The predicted molar refractivity (Wildman–Crippen MR) is 87.2 cm³/mol. The Kier molecular flexibility index (Phi) is 4.15. The first-order valence-corrected chi connectivity index (χ1v) is 7.04. The number of nitrogens with zero attached hydrogens (tertiary/aromatic N) is 2. The summed E-state index contributed by atoms with van der Waals surface area (Å²) in [5.74, 6) is -1.88. The standard InChI is InChI=1S/C16H8N2O8/c19-15-11(7-9-3-1-2-4-13(9)25-15)16(20)26-14-8-10(17(21)22)5-6-12(14)18(23)24/h1-8H. The number of carbonyl (C=O) groups excluding carboxylic acids is 1. The van der Waals surface area contributed by atoms with Gasteiger partial charge in [0, 0.05) is 17.5 Å². The van der Waals surface area contributed by atoms with Gasteiger partial charge in [0.05, 0.1) is 15.9 Å². The second-order valence-corrected chi connectivity index (χ2v) is 5.04. The summed E-state index contributed by atoms with van der Waals surface area (Å²) in [6.45, 7) is 0. The zero-order valence-corrected chi connectivity index (χ0v) is 12.8. The summed E-state index contributed by atoms with van der Waals surface area (Å²) in [5, 5.41) is 22.3. The van der Waals surface area contributed by atoms with Gasteiger partial charge in [-0.3, -0.25) is 20.2 Å². The Morgan fingerprint density at radius 3 is 2.42 bits per heavy atom. The van der Waals surface area contributed by atoms with Gasteiger partial charge in [-0.25, -0.2) is 9.59 Å². The molecule has 0 N–H and O–H groups in total. The van der Waals surface area contributed by atoms with Gasteiger partial charge < -0.3 is 9.15 Å².